The van der Waals surface area contributed by atoms with E-state index in [1.165, 1.54) is 18.9 Å². The van der Waals surface area contributed by atoms with Gasteiger partial charge in [-0.1, -0.05) is 12.1 Å². The second-order valence-corrected chi connectivity index (χ2v) is 6.02. The number of carbonyl (C=O) groups excluding carboxylic acids is 1. The molecule has 0 aliphatic heterocycles. The summed E-state index contributed by atoms with van der Waals surface area (Å²) in [6.07, 6.45) is 1.59. The second-order valence-electron chi connectivity index (χ2n) is 6.02. The third-order valence-electron chi connectivity index (χ3n) is 4.10. The number of nitrogens with one attached hydrogen (secondary N) is 1. The molecule has 0 saturated carbocycles. The van der Waals surface area contributed by atoms with Crippen molar-refractivity contribution in [2.45, 2.75) is 20.3 Å². The van der Waals surface area contributed by atoms with Crippen LogP contribution in [0.4, 0.5) is 4.79 Å². The Labute approximate surface area is 165 Å². The van der Waals surface area contributed by atoms with Crippen LogP contribution in [0.3, 0.4) is 0 Å². The molecule has 0 atom stereocenters. The van der Waals surface area contributed by atoms with Crippen molar-refractivity contribution in [2.75, 3.05) is 27.4 Å². The average molecular weight is 386 g/mol. The molecule has 0 heterocycles. The van der Waals surface area contributed by atoms with Gasteiger partial charge >= 0.3 is 6.09 Å². The van der Waals surface area contributed by atoms with Crippen LogP contribution in [-0.4, -0.2) is 39.7 Å². The minimum atomic E-state index is -0.633. The number of hydrogen-bond acceptors (Lipinski definition) is 6. The molecule has 1 N–H and O–H groups in total. The van der Waals surface area contributed by atoms with E-state index in [0.717, 1.165) is 23.3 Å². The zero-order valence-corrected chi connectivity index (χ0v) is 16.7. The largest absolute Gasteiger partial charge is 0.493 e. The third kappa shape index (κ3) is 6.19. The number of ether oxygens (including phenoxy) is 4. The highest BCUT2D eigenvalue weighted by Crippen LogP contribution is 2.27. The summed E-state index contributed by atoms with van der Waals surface area (Å²) in [4.78, 5) is 11.0. The van der Waals surface area contributed by atoms with Gasteiger partial charge in [0.25, 0.3) is 0 Å². The van der Waals surface area contributed by atoms with E-state index in [4.69, 9.17) is 14.2 Å². The first-order valence-corrected chi connectivity index (χ1v) is 8.92. The van der Waals surface area contributed by atoms with Gasteiger partial charge in [-0.2, -0.15) is 5.10 Å². The molecule has 7 nitrogen and oxygen atoms in total. The summed E-state index contributed by atoms with van der Waals surface area (Å²) in [6, 6.07) is 11.4. The molecule has 0 aromatic heterocycles. The van der Waals surface area contributed by atoms with E-state index in [-0.39, 0.29) is 0 Å². The van der Waals surface area contributed by atoms with Gasteiger partial charge in [-0.05, 0) is 54.8 Å². The molecule has 28 heavy (non-hydrogen) atoms. The van der Waals surface area contributed by atoms with E-state index >= 15 is 0 Å². The monoisotopic (exact) mass is 386 g/mol. The molecule has 2 rings (SSSR count). The fourth-order valence-electron chi connectivity index (χ4n) is 2.39. The van der Waals surface area contributed by atoms with Crippen LogP contribution in [0, 0.1) is 13.8 Å². The lowest BCUT2D eigenvalue weighted by atomic mass is 10.1. The molecule has 0 aliphatic carbocycles. The quantitative estimate of drug-likeness (QED) is 0.402. The molecule has 0 fully saturated rings. The van der Waals surface area contributed by atoms with E-state index < -0.39 is 6.09 Å². The number of nitrogens with zero attached hydrogens (tertiary/aromatic N) is 1. The number of methoxy groups -OCH3 is 2. The standard InChI is InChI=1S/C21H26N2O5/c1-15-7-5-8-18(16(15)2)27-11-6-12-28-19-10-9-17(13-20(19)25-3)14-22-23-21(24)26-4/h5,7-10,13-14H,6,11-12H2,1-4H3,(H,23,24)/b22-14+. The Morgan fingerprint density at radius 1 is 1.04 bits per heavy atom. The fraction of sp³-hybridized carbons (Fsp3) is 0.333. The topological polar surface area (TPSA) is 78.4 Å². The summed E-state index contributed by atoms with van der Waals surface area (Å²) >= 11 is 0. The Bertz CT molecular complexity index is 820. The van der Waals surface area contributed by atoms with Crippen molar-refractivity contribution in [3.05, 3.63) is 53.1 Å². The van der Waals surface area contributed by atoms with Gasteiger partial charge in [0.2, 0.25) is 0 Å². The number of hydrogen-bond donors (Lipinski definition) is 1. The summed E-state index contributed by atoms with van der Waals surface area (Å²) in [7, 11) is 2.84. The van der Waals surface area contributed by atoms with E-state index in [1.807, 2.05) is 18.2 Å². The molecule has 0 spiro atoms. The first kappa shape index (κ1) is 21.1. The van der Waals surface area contributed by atoms with Gasteiger partial charge in [-0.3, -0.25) is 0 Å². The number of aryl methyl sites for hydroxylation is 1. The van der Waals surface area contributed by atoms with Crippen LogP contribution in [0.1, 0.15) is 23.1 Å². The lowest BCUT2D eigenvalue weighted by molar-refractivity contribution is 0.171. The highest BCUT2D eigenvalue weighted by atomic mass is 16.5. The normalized spacial score (nSPS) is 10.6. The molecule has 2 aromatic rings. The molecule has 7 heteroatoms. The number of carbonyl (C=O) groups is 1. The molecule has 2 aromatic carbocycles. The van der Waals surface area contributed by atoms with Crippen molar-refractivity contribution in [2.24, 2.45) is 5.10 Å². The highest BCUT2D eigenvalue weighted by molar-refractivity contribution is 5.82. The molecule has 0 bridgehead atoms. The van der Waals surface area contributed by atoms with E-state index in [9.17, 15) is 4.79 Å². The van der Waals surface area contributed by atoms with Gasteiger partial charge in [0, 0.05) is 6.42 Å². The Morgan fingerprint density at radius 3 is 2.50 bits per heavy atom. The van der Waals surface area contributed by atoms with Crippen molar-refractivity contribution >= 4 is 12.3 Å². The van der Waals surface area contributed by atoms with Crippen molar-refractivity contribution in [1.82, 2.24) is 5.43 Å². The number of amides is 1. The summed E-state index contributed by atoms with van der Waals surface area (Å²) in [5.74, 6) is 2.12. The lowest BCUT2D eigenvalue weighted by Gasteiger charge is -2.13. The van der Waals surface area contributed by atoms with E-state index in [0.29, 0.717) is 24.7 Å². The van der Waals surface area contributed by atoms with Crippen LogP contribution in [-0.2, 0) is 4.74 Å². The van der Waals surface area contributed by atoms with Crippen LogP contribution in [0.25, 0.3) is 0 Å². The maximum Gasteiger partial charge on any atom is 0.427 e. The molecule has 0 radical (unpaired) electrons. The van der Waals surface area contributed by atoms with Crippen LogP contribution < -0.4 is 19.6 Å². The van der Waals surface area contributed by atoms with Crippen LogP contribution in [0.5, 0.6) is 17.2 Å². The molecule has 150 valence electrons. The Hall–Kier alpha value is -3.22. The van der Waals surface area contributed by atoms with Gasteiger partial charge in [-0.15, -0.1) is 0 Å². The van der Waals surface area contributed by atoms with Crippen LogP contribution in [0.2, 0.25) is 0 Å². The number of rotatable bonds is 9. The minimum Gasteiger partial charge on any atom is -0.493 e. The molecule has 0 aliphatic rings. The Kier molecular flexibility index (Phi) is 8.14. The van der Waals surface area contributed by atoms with Gasteiger partial charge in [0.1, 0.15) is 5.75 Å². The summed E-state index contributed by atoms with van der Waals surface area (Å²) < 4.78 is 21.4. The van der Waals surface area contributed by atoms with Gasteiger partial charge < -0.3 is 18.9 Å². The van der Waals surface area contributed by atoms with E-state index in [1.54, 1.807) is 19.2 Å². The van der Waals surface area contributed by atoms with Gasteiger partial charge in [0.15, 0.2) is 11.5 Å². The lowest BCUT2D eigenvalue weighted by Crippen LogP contribution is -2.16. The summed E-state index contributed by atoms with van der Waals surface area (Å²) in [5.41, 5.74) is 5.34. The van der Waals surface area contributed by atoms with Gasteiger partial charge in [-0.25, -0.2) is 10.2 Å². The molecule has 0 unspecified atom stereocenters. The molecule has 1 amide bonds. The fourth-order valence-corrected chi connectivity index (χ4v) is 2.39. The molecular formula is C21H26N2O5. The SMILES string of the molecule is COC(=O)N/N=C/c1ccc(OCCCOc2cccc(C)c2C)c(OC)c1. The minimum absolute atomic E-state index is 0.499. The predicted octanol–water partition coefficient (Wildman–Crippen LogP) is 3.85. The summed E-state index contributed by atoms with van der Waals surface area (Å²) in [6.45, 7) is 5.18. The zero-order valence-electron chi connectivity index (χ0n) is 16.7. The maximum atomic E-state index is 11.0. The van der Waals surface area contributed by atoms with Gasteiger partial charge in [0.05, 0.1) is 33.6 Å². The first-order valence-electron chi connectivity index (χ1n) is 8.92. The zero-order chi connectivity index (χ0) is 20.4. The maximum absolute atomic E-state index is 11.0. The van der Waals surface area contributed by atoms with Crippen molar-refractivity contribution in [3.8, 4) is 17.2 Å². The van der Waals surface area contributed by atoms with Crippen LogP contribution in [0.15, 0.2) is 41.5 Å². The van der Waals surface area contributed by atoms with E-state index in [2.05, 4.69) is 35.2 Å². The predicted molar refractivity (Wildman–Crippen MR) is 108 cm³/mol. The smallest absolute Gasteiger partial charge is 0.427 e. The van der Waals surface area contributed by atoms with Crippen molar-refractivity contribution in [3.63, 3.8) is 0 Å². The summed E-state index contributed by atoms with van der Waals surface area (Å²) in [5, 5.41) is 3.78. The van der Waals surface area contributed by atoms with Crippen molar-refractivity contribution < 1.29 is 23.7 Å². The number of hydrazone groups is 1. The molecule has 0 saturated heterocycles. The number of benzene rings is 2. The highest BCUT2D eigenvalue weighted by Gasteiger charge is 2.06. The van der Waals surface area contributed by atoms with Crippen LogP contribution >= 0.6 is 0 Å². The first-order chi connectivity index (χ1) is 13.5. The second kappa shape index (κ2) is 10.8. The Morgan fingerprint density at radius 2 is 1.79 bits per heavy atom. The Balaban J connectivity index is 1.83. The average Bonchev–Trinajstić information content (AvgIpc) is 2.71. The van der Waals surface area contributed by atoms with Crippen molar-refractivity contribution in [1.29, 1.82) is 0 Å². The molecular weight excluding hydrogens is 360 g/mol. The third-order valence-corrected chi connectivity index (χ3v) is 4.10.